The zero-order chi connectivity index (χ0) is 15.1. The topological polar surface area (TPSA) is 105 Å². The van der Waals surface area contributed by atoms with Crippen molar-refractivity contribution in [1.29, 1.82) is 10.5 Å². The standard InChI is InChI=1S/C14H16N6O/c15-7-11-1-2-13(19-9-11)18-5-4-17-10-14(21)20-6-3-12(20)8-16/h1-2,9,12,17H,3-6,10H2,(H,18,19)/t12-/m0/s1. The highest BCUT2D eigenvalue weighted by molar-refractivity contribution is 5.79. The van der Waals surface area contributed by atoms with Gasteiger partial charge in [-0.3, -0.25) is 4.79 Å². The Morgan fingerprint density at radius 3 is 2.86 bits per heavy atom. The Hall–Kier alpha value is -2.64. The summed E-state index contributed by atoms with van der Waals surface area (Å²) in [7, 11) is 0. The predicted molar refractivity (Wildman–Crippen MR) is 76.0 cm³/mol. The third-order valence-electron chi connectivity index (χ3n) is 3.27. The summed E-state index contributed by atoms with van der Waals surface area (Å²) in [4.78, 5) is 17.4. The van der Waals surface area contributed by atoms with Gasteiger partial charge in [-0.15, -0.1) is 0 Å². The number of carbonyl (C=O) groups excluding carboxylic acids is 1. The summed E-state index contributed by atoms with van der Waals surface area (Å²) in [6.07, 6.45) is 2.28. The molecular formula is C14H16N6O. The Morgan fingerprint density at radius 2 is 2.29 bits per heavy atom. The fourth-order valence-corrected chi connectivity index (χ4v) is 1.96. The number of anilines is 1. The van der Waals surface area contributed by atoms with Crippen molar-refractivity contribution in [2.75, 3.05) is 31.5 Å². The number of nitriles is 2. The molecule has 21 heavy (non-hydrogen) atoms. The van der Waals surface area contributed by atoms with Gasteiger partial charge in [-0.05, 0) is 18.6 Å². The molecule has 0 saturated carbocycles. The molecule has 1 aromatic heterocycles. The lowest BCUT2D eigenvalue weighted by Crippen LogP contribution is -2.53. The summed E-state index contributed by atoms with van der Waals surface area (Å²) < 4.78 is 0. The van der Waals surface area contributed by atoms with E-state index in [4.69, 9.17) is 10.5 Å². The number of hydrogen-bond acceptors (Lipinski definition) is 6. The van der Waals surface area contributed by atoms with Crippen molar-refractivity contribution in [1.82, 2.24) is 15.2 Å². The van der Waals surface area contributed by atoms with E-state index in [2.05, 4.69) is 21.7 Å². The Balaban J connectivity index is 1.61. The van der Waals surface area contributed by atoms with Crippen molar-refractivity contribution >= 4 is 11.7 Å². The van der Waals surface area contributed by atoms with Crippen LogP contribution in [0.15, 0.2) is 18.3 Å². The fraction of sp³-hybridized carbons (Fsp3) is 0.429. The molecule has 1 saturated heterocycles. The molecule has 1 aromatic rings. The zero-order valence-electron chi connectivity index (χ0n) is 11.5. The van der Waals surface area contributed by atoms with Gasteiger partial charge in [-0.1, -0.05) is 0 Å². The van der Waals surface area contributed by atoms with Crippen LogP contribution >= 0.6 is 0 Å². The number of nitrogens with zero attached hydrogens (tertiary/aromatic N) is 4. The van der Waals surface area contributed by atoms with Gasteiger partial charge >= 0.3 is 0 Å². The molecule has 0 unspecified atom stereocenters. The minimum absolute atomic E-state index is 0.0377. The molecule has 1 atom stereocenters. The number of rotatable bonds is 6. The van der Waals surface area contributed by atoms with E-state index in [1.54, 1.807) is 17.0 Å². The third-order valence-corrected chi connectivity index (χ3v) is 3.27. The van der Waals surface area contributed by atoms with E-state index in [9.17, 15) is 4.79 Å². The highest BCUT2D eigenvalue weighted by atomic mass is 16.2. The number of aromatic nitrogens is 1. The molecule has 2 heterocycles. The van der Waals surface area contributed by atoms with Crippen LogP contribution in [0.1, 0.15) is 12.0 Å². The summed E-state index contributed by atoms with van der Waals surface area (Å²) in [6.45, 7) is 2.14. The van der Waals surface area contributed by atoms with Crippen LogP contribution < -0.4 is 10.6 Å². The third kappa shape index (κ3) is 3.91. The monoisotopic (exact) mass is 284 g/mol. The van der Waals surface area contributed by atoms with E-state index < -0.39 is 0 Å². The first-order chi connectivity index (χ1) is 10.2. The summed E-state index contributed by atoms with van der Waals surface area (Å²) in [5.74, 6) is 0.652. The van der Waals surface area contributed by atoms with Crippen LogP contribution in [0.2, 0.25) is 0 Å². The Bertz CT molecular complexity index is 571. The second-order valence-corrected chi connectivity index (χ2v) is 4.67. The van der Waals surface area contributed by atoms with Gasteiger partial charge in [0.05, 0.1) is 18.2 Å². The predicted octanol–water partition coefficient (Wildman–Crippen LogP) is 0.0793. The van der Waals surface area contributed by atoms with Gasteiger partial charge in [0.15, 0.2) is 0 Å². The highest BCUT2D eigenvalue weighted by Crippen LogP contribution is 2.15. The molecule has 1 aliphatic rings. The molecular weight excluding hydrogens is 268 g/mol. The van der Waals surface area contributed by atoms with Crippen molar-refractivity contribution in [3.05, 3.63) is 23.9 Å². The van der Waals surface area contributed by atoms with E-state index in [1.165, 1.54) is 6.20 Å². The van der Waals surface area contributed by atoms with Gasteiger partial charge < -0.3 is 15.5 Å². The van der Waals surface area contributed by atoms with Crippen LogP contribution in [0.3, 0.4) is 0 Å². The van der Waals surface area contributed by atoms with Gasteiger partial charge in [0.25, 0.3) is 0 Å². The van der Waals surface area contributed by atoms with Gasteiger partial charge in [0.1, 0.15) is 17.9 Å². The summed E-state index contributed by atoms with van der Waals surface area (Å²) in [6, 6.07) is 7.28. The molecule has 108 valence electrons. The molecule has 2 N–H and O–H groups in total. The van der Waals surface area contributed by atoms with Crippen molar-refractivity contribution in [2.45, 2.75) is 12.5 Å². The first-order valence-electron chi connectivity index (χ1n) is 6.74. The molecule has 1 amide bonds. The van der Waals surface area contributed by atoms with E-state index in [-0.39, 0.29) is 18.5 Å². The number of carbonyl (C=O) groups is 1. The van der Waals surface area contributed by atoms with Gasteiger partial charge in [-0.25, -0.2) is 4.98 Å². The molecule has 1 fully saturated rings. The smallest absolute Gasteiger partial charge is 0.237 e. The largest absolute Gasteiger partial charge is 0.369 e. The molecule has 2 rings (SSSR count). The lowest BCUT2D eigenvalue weighted by Gasteiger charge is -2.36. The molecule has 0 spiro atoms. The highest BCUT2D eigenvalue weighted by Gasteiger charge is 2.31. The molecule has 0 bridgehead atoms. The van der Waals surface area contributed by atoms with Gasteiger partial charge in [0, 0.05) is 25.8 Å². The Labute approximate surface area is 123 Å². The summed E-state index contributed by atoms with van der Waals surface area (Å²) in [5.41, 5.74) is 0.519. The summed E-state index contributed by atoms with van der Waals surface area (Å²) >= 11 is 0. The maximum atomic E-state index is 11.7. The molecule has 0 aliphatic carbocycles. The van der Waals surface area contributed by atoms with Crippen molar-refractivity contribution < 1.29 is 4.79 Å². The fourth-order valence-electron chi connectivity index (χ4n) is 1.96. The first-order valence-corrected chi connectivity index (χ1v) is 6.74. The molecule has 0 aromatic carbocycles. The first kappa shape index (κ1) is 14.8. The van der Waals surface area contributed by atoms with Crippen molar-refractivity contribution in [2.24, 2.45) is 0 Å². The van der Waals surface area contributed by atoms with E-state index in [0.717, 1.165) is 6.42 Å². The maximum absolute atomic E-state index is 11.7. The van der Waals surface area contributed by atoms with Gasteiger partial charge in [-0.2, -0.15) is 10.5 Å². The average Bonchev–Trinajstić information content (AvgIpc) is 2.47. The van der Waals surface area contributed by atoms with Crippen LogP contribution in [0.25, 0.3) is 0 Å². The van der Waals surface area contributed by atoms with E-state index >= 15 is 0 Å². The second-order valence-electron chi connectivity index (χ2n) is 4.67. The minimum Gasteiger partial charge on any atom is -0.369 e. The van der Waals surface area contributed by atoms with Crippen LogP contribution in [0, 0.1) is 22.7 Å². The molecule has 0 radical (unpaired) electrons. The van der Waals surface area contributed by atoms with Crippen LogP contribution in [-0.4, -0.2) is 48.0 Å². The molecule has 7 nitrogen and oxygen atoms in total. The van der Waals surface area contributed by atoms with Crippen LogP contribution in [-0.2, 0) is 4.79 Å². The summed E-state index contributed by atoms with van der Waals surface area (Å²) in [5, 5.41) is 23.5. The second kappa shape index (κ2) is 7.22. The number of pyridine rings is 1. The number of amides is 1. The SMILES string of the molecule is N#Cc1ccc(NCCNCC(=O)N2CC[C@H]2C#N)nc1. The van der Waals surface area contributed by atoms with Crippen molar-refractivity contribution in [3.63, 3.8) is 0 Å². The van der Waals surface area contributed by atoms with Crippen LogP contribution in [0.4, 0.5) is 5.82 Å². The quantitative estimate of drug-likeness (QED) is 0.717. The maximum Gasteiger partial charge on any atom is 0.237 e. The van der Waals surface area contributed by atoms with Gasteiger partial charge in [0.2, 0.25) is 5.91 Å². The van der Waals surface area contributed by atoms with Crippen LogP contribution in [0.5, 0.6) is 0 Å². The molecule has 7 heteroatoms. The minimum atomic E-state index is -0.250. The Morgan fingerprint density at radius 1 is 1.43 bits per heavy atom. The number of likely N-dealkylation sites (tertiary alicyclic amines) is 1. The number of hydrogen-bond donors (Lipinski definition) is 2. The lowest BCUT2D eigenvalue weighted by atomic mass is 10.1. The van der Waals surface area contributed by atoms with E-state index in [0.29, 0.717) is 31.0 Å². The lowest BCUT2D eigenvalue weighted by molar-refractivity contribution is -0.135. The van der Waals surface area contributed by atoms with E-state index in [1.807, 2.05) is 6.07 Å². The molecule has 1 aliphatic heterocycles. The average molecular weight is 284 g/mol. The zero-order valence-corrected chi connectivity index (χ0v) is 11.5. The Kier molecular flexibility index (Phi) is 5.08. The normalized spacial score (nSPS) is 16.5. The number of nitrogens with one attached hydrogen (secondary N) is 2. The van der Waals surface area contributed by atoms with Crippen molar-refractivity contribution in [3.8, 4) is 12.1 Å².